The number of halogens is 6. The molecular formula is C25H23F6N. The number of aromatic nitrogens is 1. The fraction of sp³-hybridized carbons (Fsp3) is 0.320. The van der Waals surface area contributed by atoms with Crippen molar-refractivity contribution in [2.75, 3.05) is 0 Å². The number of rotatable bonds is 4. The van der Waals surface area contributed by atoms with Gasteiger partial charge in [0.2, 0.25) is 0 Å². The summed E-state index contributed by atoms with van der Waals surface area (Å²) in [7, 11) is 0. The lowest BCUT2D eigenvalue weighted by Crippen LogP contribution is -2.26. The molecule has 0 spiro atoms. The van der Waals surface area contributed by atoms with Crippen LogP contribution in [0.2, 0.25) is 0 Å². The highest BCUT2D eigenvalue weighted by atomic mass is 19.4. The van der Waals surface area contributed by atoms with Gasteiger partial charge >= 0.3 is 12.4 Å². The Bertz CT molecular complexity index is 990. The van der Waals surface area contributed by atoms with Crippen LogP contribution in [0.15, 0.2) is 66.7 Å². The predicted octanol–water partition coefficient (Wildman–Crippen LogP) is 7.77. The van der Waals surface area contributed by atoms with Crippen molar-refractivity contribution >= 4 is 0 Å². The van der Waals surface area contributed by atoms with E-state index in [9.17, 15) is 26.3 Å². The number of hydrogen-bond acceptors (Lipinski definition) is 1. The fourth-order valence-electron chi connectivity index (χ4n) is 3.58. The molecule has 0 amide bonds. The highest BCUT2D eigenvalue weighted by Crippen LogP contribution is 2.37. The minimum atomic E-state index is -4.41. The third-order valence-corrected chi connectivity index (χ3v) is 5.90. The maximum Gasteiger partial charge on any atom is 0.416 e. The molecule has 0 aliphatic heterocycles. The second-order valence-electron chi connectivity index (χ2n) is 8.81. The van der Waals surface area contributed by atoms with E-state index < -0.39 is 34.3 Å². The van der Waals surface area contributed by atoms with Crippen LogP contribution in [0.1, 0.15) is 61.3 Å². The molecule has 1 aromatic heterocycles. The second-order valence-corrected chi connectivity index (χ2v) is 8.81. The summed E-state index contributed by atoms with van der Waals surface area (Å²) in [5.41, 5.74) is -0.175. The molecule has 0 radical (unpaired) electrons. The first-order valence-electron chi connectivity index (χ1n) is 9.97. The third-order valence-electron chi connectivity index (χ3n) is 5.90. The molecule has 0 aliphatic carbocycles. The topological polar surface area (TPSA) is 12.9 Å². The molecule has 1 heterocycles. The molecule has 0 aliphatic rings. The molecule has 0 saturated heterocycles. The van der Waals surface area contributed by atoms with Gasteiger partial charge in [0.15, 0.2) is 0 Å². The minimum Gasteiger partial charge on any atom is -0.256 e. The number of hydrogen-bond donors (Lipinski definition) is 0. The van der Waals surface area contributed by atoms with Gasteiger partial charge < -0.3 is 0 Å². The third kappa shape index (κ3) is 4.66. The van der Waals surface area contributed by atoms with Crippen LogP contribution < -0.4 is 0 Å². The van der Waals surface area contributed by atoms with Crippen molar-refractivity contribution in [2.24, 2.45) is 0 Å². The molecule has 0 atom stereocenters. The SMILES string of the molecule is CC(C)(c1ccc(C(F)(F)F)cc1)c1cccc(C(C)(C)c2ccc(C(F)(F)F)cc2)n1. The fourth-order valence-corrected chi connectivity index (χ4v) is 3.58. The molecule has 0 N–H and O–H groups in total. The van der Waals surface area contributed by atoms with Crippen LogP contribution >= 0.6 is 0 Å². The van der Waals surface area contributed by atoms with Gasteiger partial charge in [-0.3, -0.25) is 4.98 Å². The van der Waals surface area contributed by atoms with Crippen molar-refractivity contribution in [3.8, 4) is 0 Å². The van der Waals surface area contributed by atoms with E-state index in [4.69, 9.17) is 4.98 Å². The van der Waals surface area contributed by atoms with Crippen LogP contribution in [0.25, 0.3) is 0 Å². The van der Waals surface area contributed by atoms with Crippen molar-refractivity contribution in [1.82, 2.24) is 4.98 Å². The minimum absolute atomic E-state index is 0.648. The standard InChI is InChI=1S/C25H23F6N/c1-22(2,16-8-12-18(13-9-16)24(26,27)28)20-6-5-7-21(32-20)23(3,4)17-10-14-19(15-11-17)25(29,30)31/h5-15H,1-4H3. The Morgan fingerprint density at radius 1 is 0.469 bits per heavy atom. The van der Waals surface area contributed by atoms with E-state index in [-0.39, 0.29) is 0 Å². The summed E-state index contributed by atoms with van der Waals surface area (Å²) in [5.74, 6) is 0. The van der Waals surface area contributed by atoms with Gasteiger partial charge in [-0.2, -0.15) is 26.3 Å². The summed E-state index contributed by atoms with van der Waals surface area (Å²) in [6.07, 6.45) is -8.82. The summed E-state index contributed by atoms with van der Waals surface area (Å²) in [6.45, 7) is 7.47. The van der Waals surface area contributed by atoms with Crippen LogP contribution in [-0.2, 0) is 23.2 Å². The maximum absolute atomic E-state index is 12.9. The van der Waals surface area contributed by atoms with E-state index in [2.05, 4.69) is 0 Å². The molecule has 3 rings (SSSR count). The smallest absolute Gasteiger partial charge is 0.256 e. The summed E-state index contributed by atoms with van der Waals surface area (Å²) in [5, 5.41) is 0. The molecule has 0 bridgehead atoms. The van der Waals surface area contributed by atoms with Gasteiger partial charge in [-0.1, -0.05) is 58.0 Å². The molecule has 0 fully saturated rings. The van der Waals surface area contributed by atoms with E-state index in [1.807, 2.05) is 27.7 Å². The summed E-state index contributed by atoms with van der Waals surface area (Å²) >= 11 is 0. The number of alkyl halides is 6. The van der Waals surface area contributed by atoms with Crippen molar-refractivity contribution < 1.29 is 26.3 Å². The van der Waals surface area contributed by atoms with E-state index in [1.165, 1.54) is 24.3 Å². The van der Waals surface area contributed by atoms with Gasteiger partial charge in [-0.05, 0) is 47.5 Å². The first-order valence-corrected chi connectivity index (χ1v) is 9.97. The molecule has 32 heavy (non-hydrogen) atoms. The molecule has 3 aromatic rings. The van der Waals surface area contributed by atoms with Crippen LogP contribution in [0.3, 0.4) is 0 Å². The second kappa shape index (κ2) is 7.94. The van der Waals surface area contributed by atoms with Crippen LogP contribution in [0.5, 0.6) is 0 Å². The maximum atomic E-state index is 12.9. The van der Waals surface area contributed by atoms with Gasteiger partial charge in [-0.15, -0.1) is 0 Å². The normalized spacial score (nSPS) is 13.3. The largest absolute Gasteiger partial charge is 0.416 e. The predicted molar refractivity (Wildman–Crippen MR) is 111 cm³/mol. The van der Waals surface area contributed by atoms with E-state index in [0.29, 0.717) is 22.5 Å². The molecule has 2 aromatic carbocycles. The summed E-state index contributed by atoms with van der Waals surface area (Å²) < 4.78 is 77.4. The van der Waals surface area contributed by atoms with Gasteiger partial charge in [0.1, 0.15) is 0 Å². The first kappa shape index (κ1) is 23.8. The van der Waals surface area contributed by atoms with E-state index in [0.717, 1.165) is 24.3 Å². The van der Waals surface area contributed by atoms with Gasteiger partial charge in [-0.25, -0.2) is 0 Å². The molecule has 0 unspecified atom stereocenters. The zero-order valence-electron chi connectivity index (χ0n) is 18.1. The Balaban J connectivity index is 1.96. The lowest BCUT2D eigenvalue weighted by molar-refractivity contribution is -0.138. The lowest BCUT2D eigenvalue weighted by atomic mass is 9.78. The zero-order valence-corrected chi connectivity index (χ0v) is 18.1. The number of nitrogens with zero attached hydrogens (tertiary/aromatic N) is 1. The molecule has 7 heteroatoms. The quantitative estimate of drug-likeness (QED) is 0.369. The summed E-state index contributed by atoms with van der Waals surface area (Å²) in [4.78, 5) is 4.77. The van der Waals surface area contributed by atoms with Crippen molar-refractivity contribution in [3.63, 3.8) is 0 Å². The monoisotopic (exact) mass is 451 g/mol. The first-order chi connectivity index (χ1) is 14.6. The van der Waals surface area contributed by atoms with E-state index in [1.54, 1.807) is 18.2 Å². The average molecular weight is 451 g/mol. The molecule has 0 saturated carbocycles. The van der Waals surface area contributed by atoms with Gasteiger partial charge in [0, 0.05) is 10.8 Å². The zero-order chi connectivity index (χ0) is 23.9. The Morgan fingerprint density at radius 3 is 1.03 bits per heavy atom. The molecule has 1 nitrogen and oxygen atoms in total. The average Bonchev–Trinajstić information content (AvgIpc) is 2.73. The Hall–Kier alpha value is -2.83. The molecular weight excluding hydrogens is 428 g/mol. The Kier molecular flexibility index (Phi) is 5.91. The van der Waals surface area contributed by atoms with Crippen LogP contribution in [0, 0.1) is 0 Å². The number of benzene rings is 2. The Morgan fingerprint density at radius 2 is 0.750 bits per heavy atom. The highest BCUT2D eigenvalue weighted by Gasteiger charge is 2.34. The van der Waals surface area contributed by atoms with Crippen molar-refractivity contribution in [3.05, 3.63) is 100 Å². The van der Waals surface area contributed by atoms with Crippen molar-refractivity contribution in [2.45, 2.75) is 50.9 Å². The van der Waals surface area contributed by atoms with Gasteiger partial charge in [0.05, 0.1) is 22.5 Å². The van der Waals surface area contributed by atoms with E-state index >= 15 is 0 Å². The Labute approximate surface area is 183 Å². The number of pyridine rings is 1. The van der Waals surface area contributed by atoms with Crippen LogP contribution in [-0.4, -0.2) is 4.98 Å². The van der Waals surface area contributed by atoms with Crippen molar-refractivity contribution in [1.29, 1.82) is 0 Å². The lowest BCUT2D eigenvalue weighted by Gasteiger charge is -2.30. The van der Waals surface area contributed by atoms with Gasteiger partial charge in [0.25, 0.3) is 0 Å². The molecule has 170 valence electrons. The van der Waals surface area contributed by atoms with Crippen LogP contribution in [0.4, 0.5) is 26.3 Å². The summed E-state index contributed by atoms with van der Waals surface area (Å²) in [6, 6.07) is 15.4. The highest BCUT2D eigenvalue weighted by molar-refractivity contribution is 5.40.